The maximum absolute atomic E-state index is 5.99. The van der Waals surface area contributed by atoms with Crippen molar-refractivity contribution in [3.8, 4) is 11.6 Å². The summed E-state index contributed by atoms with van der Waals surface area (Å²) in [6.45, 7) is 10.6. The summed E-state index contributed by atoms with van der Waals surface area (Å²) in [7, 11) is 0. The van der Waals surface area contributed by atoms with E-state index in [2.05, 4.69) is 43.3 Å². The minimum Gasteiger partial charge on any atom is -0.477 e. The molecule has 3 heterocycles. The largest absolute Gasteiger partial charge is 0.477 e. The maximum Gasteiger partial charge on any atom is 0.215 e. The number of hydrogen-bond acceptors (Lipinski definition) is 5. The Morgan fingerprint density at radius 2 is 1.79 bits per heavy atom. The Hall–Kier alpha value is -3.15. The van der Waals surface area contributed by atoms with E-state index >= 15 is 0 Å². The molecule has 0 saturated carbocycles. The quantitative estimate of drug-likeness (QED) is 0.472. The molecule has 0 atom stereocenters. The van der Waals surface area contributed by atoms with Crippen LogP contribution in [0.15, 0.2) is 34.9 Å². The van der Waals surface area contributed by atoms with Gasteiger partial charge in [0.05, 0.1) is 23.7 Å². The summed E-state index contributed by atoms with van der Waals surface area (Å²) in [6.07, 6.45) is 1.75. The van der Waals surface area contributed by atoms with Gasteiger partial charge in [-0.25, -0.2) is 4.68 Å². The lowest BCUT2D eigenvalue weighted by Gasteiger charge is -2.09. The molecule has 0 aliphatic heterocycles. The molecule has 0 bridgehead atoms. The summed E-state index contributed by atoms with van der Waals surface area (Å²) in [5.74, 6) is 1.45. The molecular formula is C23H26N4O2. The predicted octanol–water partition coefficient (Wildman–Crippen LogP) is 4.83. The van der Waals surface area contributed by atoms with Crippen LogP contribution >= 0.6 is 0 Å². The van der Waals surface area contributed by atoms with Crippen LogP contribution in [0.2, 0.25) is 0 Å². The van der Waals surface area contributed by atoms with Gasteiger partial charge in [0.2, 0.25) is 5.88 Å². The van der Waals surface area contributed by atoms with Crippen molar-refractivity contribution in [2.45, 2.75) is 47.5 Å². The van der Waals surface area contributed by atoms with Gasteiger partial charge in [-0.05, 0) is 57.4 Å². The van der Waals surface area contributed by atoms with Crippen LogP contribution in [0.4, 0.5) is 0 Å². The second-order valence-electron chi connectivity index (χ2n) is 7.39. The van der Waals surface area contributed by atoms with Gasteiger partial charge >= 0.3 is 0 Å². The lowest BCUT2D eigenvalue weighted by molar-refractivity contribution is 0.309. The van der Waals surface area contributed by atoms with Gasteiger partial charge in [-0.1, -0.05) is 24.2 Å². The van der Waals surface area contributed by atoms with Gasteiger partial charge in [-0.15, -0.1) is 0 Å². The fourth-order valence-electron chi connectivity index (χ4n) is 3.72. The van der Waals surface area contributed by atoms with Crippen LogP contribution < -0.4 is 4.74 Å². The Labute approximate surface area is 170 Å². The molecule has 4 aromatic rings. The van der Waals surface area contributed by atoms with Crippen LogP contribution in [0.1, 0.15) is 40.8 Å². The molecule has 1 aromatic carbocycles. The van der Waals surface area contributed by atoms with E-state index in [1.807, 2.05) is 31.5 Å². The Morgan fingerprint density at radius 1 is 1.03 bits per heavy atom. The molecule has 29 heavy (non-hydrogen) atoms. The second kappa shape index (κ2) is 7.70. The highest BCUT2D eigenvalue weighted by molar-refractivity contribution is 5.83. The van der Waals surface area contributed by atoms with Crippen molar-refractivity contribution in [1.29, 1.82) is 0 Å². The zero-order valence-corrected chi connectivity index (χ0v) is 17.6. The van der Waals surface area contributed by atoms with Crippen molar-refractivity contribution in [2.24, 2.45) is 0 Å². The SMILES string of the molecule is CCc1ccc(-n2nc(C)c3c(C)cc(OCCc4c(C)noc4C)nc32)cc1. The van der Waals surface area contributed by atoms with Gasteiger partial charge in [-0.3, -0.25) is 0 Å². The van der Waals surface area contributed by atoms with E-state index in [1.54, 1.807) is 0 Å². The van der Waals surface area contributed by atoms with Gasteiger partial charge < -0.3 is 9.26 Å². The fraction of sp³-hybridized carbons (Fsp3) is 0.348. The van der Waals surface area contributed by atoms with Crippen LogP contribution in [0, 0.1) is 27.7 Å². The first-order chi connectivity index (χ1) is 14.0. The highest BCUT2D eigenvalue weighted by Gasteiger charge is 2.15. The van der Waals surface area contributed by atoms with Crippen molar-refractivity contribution in [2.75, 3.05) is 6.61 Å². The summed E-state index contributed by atoms with van der Waals surface area (Å²) < 4.78 is 13.1. The minimum absolute atomic E-state index is 0.513. The number of fused-ring (bicyclic) bond motifs is 1. The van der Waals surface area contributed by atoms with Crippen molar-refractivity contribution in [3.05, 3.63) is 64.2 Å². The molecule has 0 aliphatic carbocycles. The first-order valence-corrected chi connectivity index (χ1v) is 9.98. The highest BCUT2D eigenvalue weighted by Crippen LogP contribution is 2.27. The number of aromatic nitrogens is 4. The summed E-state index contributed by atoms with van der Waals surface area (Å²) >= 11 is 0. The number of ether oxygens (including phenoxy) is 1. The standard InChI is InChI=1S/C23H26N4O2/c1-6-18-7-9-19(10-8-18)27-23-22(16(4)25-27)14(2)13-21(24-23)28-12-11-20-15(3)26-29-17(20)5/h7-10,13H,6,11-12H2,1-5H3. The number of pyridine rings is 1. The van der Waals surface area contributed by atoms with Crippen molar-refractivity contribution >= 4 is 11.0 Å². The number of benzene rings is 1. The topological polar surface area (TPSA) is 66.0 Å². The van der Waals surface area contributed by atoms with E-state index < -0.39 is 0 Å². The maximum atomic E-state index is 5.99. The average molecular weight is 390 g/mol. The minimum atomic E-state index is 0.513. The molecule has 0 amide bonds. The third-order valence-electron chi connectivity index (χ3n) is 5.36. The van der Waals surface area contributed by atoms with E-state index in [-0.39, 0.29) is 0 Å². The van der Waals surface area contributed by atoms with Crippen LogP contribution in [0.3, 0.4) is 0 Å². The molecule has 0 unspecified atom stereocenters. The van der Waals surface area contributed by atoms with Gasteiger partial charge in [0.1, 0.15) is 5.76 Å². The molecule has 3 aromatic heterocycles. The van der Waals surface area contributed by atoms with Crippen LogP contribution in [0.25, 0.3) is 16.7 Å². The summed E-state index contributed by atoms with van der Waals surface area (Å²) in [5.41, 5.74) is 7.20. The molecule has 0 N–H and O–H groups in total. The first kappa shape index (κ1) is 19.2. The predicted molar refractivity (Wildman–Crippen MR) is 113 cm³/mol. The van der Waals surface area contributed by atoms with Gasteiger partial charge in [-0.2, -0.15) is 10.1 Å². The fourth-order valence-corrected chi connectivity index (χ4v) is 3.72. The van der Waals surface area contributed by atoms with Crippen LogP contribution in [0.5, 0.6) is 5.88 Å². The van der Waals surface area contributed by atoms with Crippen molar-refractivity contribution in [1.82, 2.24) is 19.9 Å². The third kappa shape index (κ3) is 3.62. The van der Waals surface area contributed by atoms with E-state index in [9.17, 15) is 0 Å². The Bertz CT molecular complexity index is 1140. The zero-order valence-electron chi connectivity index (χ0n) is 17.6. The first-order valence-electron chi connectivity index (χ1n) is 9.98. The summed E-state index contributed by atoms with van der Waals surface area (Å²) in [5, 5.41) is 9.81. The van der Waals surface area contributed by atoms with Gasteiger partial charge in [0, 0.05) is 23.4 Å². The lowest BCUT2D eigenvalue weighted by atomic mass is 10.1. The van der Waals surface area contributed by atoms with Crippen LogP contribution in [-0.4, -0.2) is 26.5 Å². The van der Waals surface area contributed by atoms with E-state index in [0.717, 1.165) is 57.8 Å². The van der Waals surface area contributed by atoms with Crippen molar-refractivity contribution < 1.29 is 9.26 Å². The smallest absolute Gasteiger partial charge is 0.215 e. The van der Waals surface area contributed by atoms with Gasteiger partial charge in [0.25, 0.3) is 0 Å². The number of aryl methyl sites for hydroxylation is 5. The normalized spacial score (nSPS) is 11.3. The Kier molecular flexibility index (Phi) is 5.09. The van der Waals surface area contributed by atoms with Crippen LogP contribution in [-0.2, 0) is 12.8 Å². The van der Waals surface area contributed by atoms with E-state index in [1.165, 1.54) is 5.56 Å². The molecular weight excluding hydrogens is 364 g/mol. The molecule has 4 rings (SSSR count). The summed E-state index contributed by atoms with van der Waals surface area (Å²) in [4.78, 5) is 4.78. The van der Waals surface area contributed by atoms with Gasteiger partial charge in [0.15, 0.2) is 5.65 Å². The monoisotopic (exact) mass is 390 g/mol. The number of rotatable bonds is 6. The molecule has 0 radical (unpaired) electrons. The molecule has 0 aliphatic rings. The Morgan fingerprint density at radius 3 is 2.45 bits per heavy atom. The lowest BCUT2D eigenvalue weighted by Crippen LogP contribution is -2.05. The number of hydrogen-bond donors (Lipinski definition) is 0. The molecule has 0 saturated heterocycles. The van der Waals surface area contributed by atoms with E-state index in [4.69, 9.17) is 19.3 Å². The van der Waals surface area contributed by atoms with Crippen molar-refractivity contribution in [3.63, 3.8) is 0 Å². The second-order valence-corrected chi connectivity index (χ2v) is 7.39. The highest BCUT2D eigenvalue weighted by atomic mass is 16.5. The molecule has 6 heteroatoms. The molecule has 0 fully saturated rings. The third-order valence-corrected chi connectivity index (χ3v) is 5.36. The molecule has 6 nitrogen and oxygen atoms in total. The van der Waals surface area contributed by atoms with E-state index in [0.29, 0.717) is 12.5 Å². The summed E-state index contributed by atoms with van der Waals surface area (Å²) in [6, 6.07) is 10.4. The molecule has 150 valence electrons. The Balaban J connectivity index is 1.64. The average Bonchev–Trinajstić information content (AvgIpc) is 3.22. The number of nitrogens with zero attached hydrogens (tertiary/aromatic N) is 4. The zero-order chi connectivity index (χ0) is 20.5. The molecule has 0 spiro atoms.